The van der Waals surface area contributed by atoms with Crippen molar-refractivity contribution >= 4 is 45.9 Å². The molecule has 31 heavy (non-hydrogen) atoms. The van der Waals surface area contributed by atoms with Crippen LogP contribution in [-0.4, -0.2) is 48.3 Å². The summed E-state index contributed by atoms with van der Waals surface area (Å²) < 4.78 is 40.3. The highest BCUT2D eigenvalue weighted by Gasteiger charge is 2.41. The molecule has 0 spiro atoms. The van der Waals surface area contributed by atoms with Crippen LogP contribution in [0.2, 0.25) is 5.02 Å². The first kappa shape index (κ1) is 22.5. The minimum absolute atomic E-state index is 0.0201. The first-order valence-corrected chi connectivity index (χ1v) is 11.5. The Morgan fingerprint density at radius 2 is 1.68 bits per heavy atom. The molecule has 0 aromatic heterocycles. The van der Waals surface area contributed by atoms with Gasteiger partial charge in [-0.3, -0.25) is 9.59 Å². The summed E-state index contributed by atoms with van der Waals surface area (Å²) in [7, 11) is 0. The lowest BCUT2D eigenvalue weighted by Crippen LogP contribution is -2.47. The molecule has 3 heterocycles. The number of hydrogen-bond donors (Lipinski definition) is 0. The molecule has 0 N–H and O–H groups in total. The molecule has 168 valence electrons. The average Bonchev–Trinajstić information content (AvgIpc) is 2.99. The van der Waals surface area contributed by atoms with E-state index in [4.69, 9.17) is 11.6 Å². The van der Waals surface area contributed by atoms with Crippen molar-refractivity contribution in [1.29, 1.82) is 0 Å². The number of rotatable bonds is 3. The van der Waals surface area contributed by atoms with Crippen LogP contribution in [0.3, 0.4) is 0 Å². The highest BCUT2D eigenvalue weighted by atomic mass is 35.5. The zero-order valence-electron chi connectivity index (χ0n) is 16.9. The molecule has 0 bridgehead atoms. The van der Waals surface area contributed by atoms with Gasteiger partial charge in [-0.15, -0.1) is 0 Å². The minimum atomic E-state index is -4.66. The fourth-order valence-electron chi connectivity index (χ4n) is 4.58. The second kappa shape index (κ2) is 8.67. The van der Waals surface area contributed by atoms with Crippen molar-refractivity contribution < 1.29 is 22.8 Å². The molecule has 0 saturated carbocycles. The van der Waals surface area contributed by atoms with E-state index in [0.29, 0.717) is 36.6 Å². The Morgan fingerprint density at radius 3 is 2.23 bits per heavy atom. The van der Waals surface area contributed by atoms with Crippen molar-refractivity contribution in [3.05, 3.63) is 34.2 Å². The molecule has 5 nitrogen and oxygen atoms in total. The van der Waals surface area contributed by atoms with Crippen molar-refractivity contribution in [3.63, 3.8) is 0 Å². The van der Waals surface area contributed by atoms with Crippen LogP contribution in [0.15, 0.2) is 23.6 Å². The summed E-state index contributed by atoms with van der Waals surface area (Å²) in [6, 6.07) is 2.13. The van der Waals surface area contributed by atoms with Gasteiger partial charge < -0.3 is 9.80 Å². The number of halogens is 4. The zero-order chi connectivity index (χ0) is 22.3. The molecule has 1 aromatic carbocycles. The summed E-state index contributed by atoms with van der Waals surface area (Å²) in [5, 5.41) is -0.792. The molecule has 3 saturated heterocycles. The monoisotopic (exact) mass is 473 g/mol. The first-order chi connectivity index (χ1) is 14.7. The minimum Gasteiger partial charge on any atom is -0.369 e. The Labute approximate surface area is 188 Å². The lowest BCUT2D eigenvalue weighted by molar-refractivity contribution is -0.137. The molecule has 3 fully saturated rings. The molecular weight excluding hydrogens is 451 g/mol. The van der Waals surface area contributed by atoms with Gasteiger partial charge >= 0.3 is 6.18 Å². The topological polar surface area (TPSA) is 43.9 Å². The predicted octanol–water partition coefficient (Wildman–Crippen LogP) is 5.53. The SMILES string of the molecule is C=C1SC(=O)N(c2cc(C(F)(F)F)cc(Cl)c2N2CCC(N3CCCCC3)CC2)C1=O. The van der Waals surface area contributed by atoms with Gasteiger partial charge in [-0.25, -0.2) is 4.90 Å². The number of amides is 2. The largest absolute Gasteiger partial charge is 0.416 e. The summed E-state index contributed by atoms with van der Waals surface area (Å²) in [6.07, 6.45) is 0.668. The Balaban J connectivity index is 1.66. The van der Waals surface area contributed by atoms with Crippen LogP contribution < -0.4 is 9.80 Å². The Kier molecular flexibility index (Phi) is 6.29. The van der Waals surface area contributed by atoms with Crippen LogP contribution in [0, 0.1) is 0 Å². The number of nitrogens with zero attached hydrogens (tertiary/aromatic N) is 3. The maximum atomic E-state index is 13.4. The van der Waals surface area contributed by atoms with Gasteiger partial charge in [0, 0.05) is 19.1 Å². The van der Waals surface area contributed by atoms with E-state index in [1.54, 1.807) is 0 Å². The van der Waals surface area contributed by atoms with Crippen molar-refractivity contribution in [2.75, 3.05) is 36.0 Å². The van der Waals surface area contributed by atoms with Crippen LogP contribution in [-0.2, 0) is 11.0 Å². The van der Waals surface area contributed by atoms with Crippen molar-refractivity contribution in [2.24, 2.45) is 0 Å². The Hall–Kier alpha value is -1.71. The number of alkyl halides is 3. The molecule has 3 aliphatic rings. The van der Waals surface area contributed by atoms with Crippen molar-refractivity contribution in [2.45, 2.75) is 44.3 Å². The van der Waals surface area contributed by atoms with Crippen LogP contribution in [0.25, 0.3) is 0 Å². The maximum absolute atomic E-state index is 13.4. The molecule has 0 unspecified atom stereocenters. The van der Waals surface area contributed by atoms with E-state index in [-0.39, 0.29) is 15.6 Å². The number of imide groups is 1. The Bertz CT molecular complexity index is 910. The Morgan fingerprint density at radius 1 is 1.03 bits per heavy atom. The van der Waals surface area contributed by atoms with Crippen molar-refractivity contribution in [1.82, 2.24) is 4.90 Å². The van der Waals surface area contributed by atoms with Gasteiger partial charge in [0.15, 0.2) is 0 Å². The van der Waals surface area contributed by atoms with Gasteiger partial charge in [0.05, 0.1) is 26.9 Å². The van der Waals surface area contributed by atoms with Crippen LogP contribution in [0.4, 0.5) is 29.3 Å². The normalized spacial score (nSPS) is 22.0. The van der Waals surface area contributed by atoms with Crippen molar-refractivity contribution in [3.8, 4) is 0 Å². The summed E-state index contributed by atoms with van der Waals surface area (Å²) in [5.41, 5.74) is -0.830. The molecule has 2 amide bonds. The summed E-state index contributed by atoms with van der Waals surface area (Å²) >= 11 is 6.96. The molecule has 0 atom stereocenters. The van der Waals surface area contributed by atoms with Gasteiger partial charge in [-0.1, -0.05) is 24.6 Å². The maximum Gasteiger partial charge on any atom is 0.416 e. The summed E-state index contributed by atoms with van der Waals surface area (Å²) in [6.45, 7) is 6.86. The van der Waals surface area contributed by atoms with E-state index < -0.39 is 22.9 Å². The average molecular weight is 474 g/mol. The number of hydrogen-bond acceptors (Lipinski definition) is 5. The smallest absolute Gasteiger partial charge is 0.369 e. The van der Waals surface area contributed by atoms with Gasteiger partial charge in [0.1, 0.15) is 0 Å². The number of benzene rings is 1. The second-order valence-corrected chi connectivity index (χ2v) is 9.52. The lowest BCUT2D eigenvalue weighted by Gasteiger charge is -2.42. The molecule has 0 radical (unpaired) electrons. The number of anilines is 2. The van der Waals surface area contributed by atoms with Crippen LogP contribution in [0.1, 0.15) is 37.7 Å². The third-order valence-electron chi connectivity index (χ3n) is 6.13. The molecule has 3 aliphatic heterocycles. The zero-order valence-corrected chi connectivity index (χ0v) is 18.5. The highest BCUT2D eigenvalue weighted by molar-refractivity contribution is 8.18. The van der Waals surface area contributed by atoms with E-state index >= 15 is 0 Å². The fourth-order valence-corrected chi connectivity index (χ4v) is 5.58. The number of carbonyl (C=O) groups is 2. The van der Waals surface area contributed by atoms with Crippen LogP contribution >= 0.6 is 23.4 Å². The number of carbonyl (C=O) groups excluding carboxylic acids is 2. The van der Waals surface area contributed by atoms with E-state index in [1.165, 1.54) is 19.3 Å². The molecule has 1 aromatic rings. The summed E-state index contributed by atoms with van der Waals surface area (Å²) in [4.78, 5) is 30.1. The first-order valence-electron chi connectivity index (χ1n) is 10.3. The quantitative estimate of drug-likeness (QED) is 0.540. The molecule has 10 heteroatoms. The number of piperidine rings is 2. The number of likely N-dealkylation sites (tertiary alicyclic amines) is 1. The van der Waals surface area contributed by atoms with E-state index in [0.717, 1.165) is 43.0 Å². The molecular formula is C21H23ClF3N3O2S. The van der Waals surface area contributed by atoms with Crippen LogP contribution in [0.5, 0.6) is 0 Å². The molecule has 4 rings (SSSR count). The van der Waals surface area contributed by atoms with Gasteiger partial charge in [0.25, 0.3) is 11.1 Å². The standard InChI is InChI=1S/C21H23ClF3N3O2S/c1-13-19(29)28(20(30)31-13)17-12-14(21(23,24)25)11-16(22)18(17)27-9-5-15(6-10-27)26-7-3-2-4-8-26/h11-12,15H,1-10H2. The van der Waals surface area contributed by atoms with Gasteiger partial charge in [-0.2, -0.15) is 13.2 Å². The van der Waals surface area contributed by atoms with Gasteiger partial charge in [-0.05, 0) is 62.7 Å². The third-order valence-corrected chi connectivity index (χ3v) is 7.20. The second-order valence-electron chi connectivity index (χ2n) is 8.07. The third kappa shape index (κ3) is 4.45. The van der Waals surface area contributed by atoms with E-state index in [2.05, 4.69) is 11.5 Å². The number of thioether (sulfide) groups is 1. The lowest BCUT2D eigenvalue weighted by atomic mass is 9.99. The van der Waals surface area contributed by atoms with Gasteiger partial charge in [0.2, 0.25) is 0 Å². The predicted molar refractivity (Wildman–Crippen MR) is 117 cm³/mol. The van der Waals surface area contributed by atoms with E-state index in [1.807, 2.05) is 4.90 Å². The highest BCUT2D eigenvalue weighted by Crippen LogP contribution is 2.46. The van der Waals surface area contributed by atoms with E-state index in [9.17, 15) is 22.8 Å². The fraction of sp³-hybridized carbons (Fsp3) is 0.524. The molecule has 0 aliphatic carbocycles. The summed E-state index contributed by atoms with van der Waals surface area (Å²) in [5.74, 6) is -0.713.